The number of hydrogen-bond acceptors (Lipinski definition) is 1. The van der Waals surface area contributed by atoms with E-state index in [1.54, 1.807) is 6.08 Å². The van der Waals surface area contributed by atoms with Crippen molar-refractivity contribution in [2.45, 2.75) is 33.6 Å². The highest BCUT2D eigenvalue weighted by molar-refractivity contribution is 5.71. The maximum atomic E-state index is 11.1. The maximum Gasteiger partial charge on any atom is 0.307 e. The molecular weight excluding hydrogens is 188 g/mol. The van der Waals surface area contributed by atoms with Crippen LogP contribution in [0, 0.1) is 17.8 Å². The minimum absolute atomic E-state index is 0.0409. The van der Waals surface area contributed by atoms with Crippen molar-refractivity contribution in [1.82, 2.24) is 0 Å². The number of carboxylic acid groups (broad SMARTS) is 1. The van der Waals surface area contributed by atoms with E-state index in [1.807, 2.05) is 20.8 Å². The Kier molecular flexibility index (Phi) is 5.99. The maximum absolute atomic E-state index is 11.1. The van der Waals surface area contributed by atoms with Gasteiger partial charge in [-0.3, -0.25) is 4.79 Å². The van der Waals surface area contributed by atoms with Gasteiger partial charge in [-0.15, -0.1) is 13.2 Å². The van der Waals surface area contributed by atoms with Crippen LogP contribution in [0.2, 0.25) is 0 Å². The SMILES string of the molecule is C=C[C@H](CCC(=C)C)[C@@H](C(=O)O)C(C)C. The molecule has 0 unspecified atom stereocenters. The van der Waals surface area contributed by atoms with E-state index in [1.165, 1.54) is 0 Å². The van der Waals surface area contributed by atoms with Gasteiger partial charge in [-0.2, -0.15) is 0 Å². The zero-order valence-electron chi connectivity index (χ0n) is 9.99. The molecule has 0 radical (unpaired) electrons. The molecule has 0 aliphatic rings. The third kappa shape index (κ3) is 4.82. The Balaban J connectivity index is 4.52. The zero-order chi connectivity index (χ0) is 12.0. The van der Waals surface area contributed by atoms with Gasteiger partial charge in [-0.25, -0.2) is 0 Å². The smallest absolute Gasteiger partial charge is 0.307 e. The molecule has 0 bridgehead atoms. The van der Waals surface area contributed by atoms with Gasteiger partial charge in [0.15, 0.2) is 0 Å². The summed E-state index contributed by atoms with van der Waals surface area (Å²) in [6, 6.07) is 0. The van der Waals surface area contributed by atoms with Crippen LogP contribution in [0.1, 0.15) is 33.6 Å². The number of carbonyl (C=O) groups is 1. The predicted molar refractivity (Wildman–Crippen MR) is 63.7 cm³/mol. The Hall–Kier alpha value is -1.05. The molecule has 0 aliphatic heterocycles. The predicted octanol–water partition coefficient (Wildman–Crippen LogP) is 3.50. The van der Waals surface area contributed by atoms with Gasteiger partial charge in [0.2, 0.25) is 0 Å². The van der Waals surface area contributed by atoms with Crippen LogP contribution in [0.5, 0.6) is 0 Å². The molecule has 0 aromatic heterocycles. The highest BCUT2D eigenvalue weighted by atomic mass is 16.4. The average Bonchev–Trinajstić information content (AvgIpc) is 2.09. The molecule has 0 rings (SSSR count). The molecule has 0 aromatic carbocycles. The first-order chi connectivity index (χ1) is 6.90. The summed E-state index contributed by atoms with van der Waals surface area (Å²) < 4.78 is 0. The van der Waals surface area contributed by atoms with Crippen molar-refractivity contribution >= 4 is 5.97 Å². The lowest BCUT2D eigenvalue weighted by atomic mass is 9.80. The van der Waals surface area contributed by atoms with Crippen molar-refractivity contribution in [3.63, 3.8) is 0 Å². The Labute approximate surface area is 92.7 Å². The summed E-state index contributed by atoms with van der Waals surface area (Å²) in [4.78, 5) is 11.1. The fourth-order valence-electron chi connectivity index (χ4n) is 1.82. The van der Waals surface area contributed by atoms with Crippen molar-refractivity contribution in [2.75, 3.05) is 0 Å². The minimum atomic E-state index is -0.725. The van der Waals surface area contributed by atoms with Crippen LogP contribution in [0.25, 0.3) is 0 Å². The minimum Gasteiger partial charge on any atom is -0.481 e. The van der Waals surface area contributed by atoms with Crippen LogP contribution in [0.4, 0.5) is 0 Å². The number of aliphatic carboxylic acids is 1. The van der Waals surface area contributed by atoms with Gasteiger partial charge in [-0.1, -0.05) is 25.5 Å². The molecule has 0 saturated carbocycles. The number of hydrogen-bond donors (Lipinski definition) is 1. The van der Waals surface area contributed by atoms with Crippen molar-refractivity contribution in [3.05, 3.63) is 24.8 Å². The van der Waals surface area contributed by atoms with Crippen LogP contribution >= 0.6 is 0 Å². The van der Waals surface area contributed by atoms with Gasteiger partial charge < -0.3 is 5.11 Å². The first kappa shape index (κ1) is 13.9. The van der Waals surface area contributed by atoms with E-state index in [0.29, 0.717) is 0 Å². The van der Waals surface area contributed by atoms with Crippen LogP contribution < -0.4 is 0 Å². The van der Waals surface area contributed by atoms with E-state index in [2.05, 4.69) is 13.2 Å². The fourth-order valence-corrected chi connectivity index (χ4v) is 1.82. The molecule has 0 saturated heterocycles. The Morgan fingerprint density at radius 2 is 2.00 bits per heavy atom. The number of carboxylic acids is 1. The van der Waals surface area contributed by atoms with E-state index >= 15 is 0 Å². The van der Waals surface area contributed by atoms with Gasteiger partial charge >= 0.3 is 5.97 Å². The lowest BCUT2D eigenvalue weighted by molar-refractivity contribution is -0.144. The quantitative estimate of drug-likeness (QED) is 0.653. The van der Waals surface area contributed by atoms with Crippen molar-refractivity contribution in [3.8, 4) is 0 Å². The van der Waals surface area contributed by atoms with Gasteiger partial charge in [0.05, 0.1) is 5.92 Å². The molecule has 2 atom stereocenters. The van der Waals surface area contributed by atoms with Crippen LogP contribution in [-0.4, -0.2) is 11.1 Å². The standard InChI is InChI=1S/C13H22O2/c1-6-11(8-7-9(2)3)12(10(4)5)13(14)15/h6,10-12H,1-2,7-8H2,3-5H3,(H,14,15)/t11-,12+/m1/s1. The molecule has 0 fully saturated rings. The summed E-state index contributed by atoms with van der Waals surface area (Å²) in [5, 5.41) is 9.14. The molecule has 86 valence electrons. The normalized spacial score (nSPS) is 14.7. The number of rotatable bonds is 7. The molecule has 1 N–H and O–H groups in total. The third-order valence-electron chi connectivity index (χ3n) is 2.67. The van der Waals surface area contributed by atoms with Crippen LogP contribution in [-0.2, 0) is 4.79 Å². The highest BCUT2D eigenvalue weighted by Crippen LogP contribution is 2.27. The van der Waals surface area contributed by atoms with Crippen molar-refractivity contribution in [1.29, 1.82) is 0 Å². The van der Waals surface area contributed by atoms with Gasteiger partial charge in [-0.05, 0) is 31.6 Å². The monoisotopic (exact) mass is 210 g/mol. The largest absolute Gasteiger partial charge is 0.481 e. The Bertz CT molecular complexity index is 241. The van der Waals surface area contributed by atoms with Crippen LogP contribution in [0.15, 0.2) is 24.8 Å². The summed E-state index contributed by atoms with van der Waals surface area (Å²) in [7, 11) is 0. The first-order valence-corrected chi connectivity index (χ1v) is 5.39. The van der Waals surface area contributed by atoms with E-state index in [-0.39, 0.29) is 17.8 Å². The Morgan fingerprint density at radius 3 is 2.27 bits per heavy atom. The van der Waals surface area contributed by atoms with E-state index < -0.39 is 5.97 Å². The molecule has 0 aromatic rings. The second kappa shape index (κ2) is 6.44. The van der Waals surface area contributed by atoms with Crippen LogP contribution in [0.3, 0.4) is 0 Å². The highest BCUT2D eigenvalue weighted by Gasteiger charge is 2.28. The van der Waals surface area contributed by atoms with E-state index in [4.69, 9.17) is 5.11 Å². The second-order valence-corrected chi connectivity index (χ2v) is 4.50. The van der Waals surface area contributed by atoms with Crippen molar-refractivity contribution < 1.29 is 9.90 Å². The summed E-state index contributed by atoms with van der Waals surface area (Å²) in [6.45, 7) is 13.4. The third-order valence-corrected chi connectivity index (χ3v) is 2.67. The second-order valence-electron chi connectivity index (χ2n) is 4.50. The van der Waals surface area contributed by atoms with Gasteiger partial charge in [0.25, 0.3) is 0 Å². The van der Waals surface area contributed by atoms with E-state index in [9.17, 15) is 4.79 Å². The molecule has 0 aliphatic carbocycles. The molecule has 2 nitrogen and oxygen atoms in total. The lowest BCUT2D eigenvalue weighted by Crippen LogP contribution is -2.27. The summed E-state index contributed by atoms with van der Waals surface area (Å²) >= 11 is 0. The summed E-state index contributed by atoms with van der Waals surface area (Å²) in [6.07, 6.45) is 3.46. The molecule has 0 amide bonds. The topological polar surface area (TPSA) is 37.3 Å². The molecular formula is C13H22O2. The number of allylic oxidation sites excluding steroid dienone is 2. The molecule has 15 heavy (non-hydrogen) atoms. The van der Waals surface area contributed by atoms with E-state index in [0.717, 1.165) is 18.4 Å². The fraction of sp³-hybridized carbons (Fsp3) is 0.615. The van der Waals surface area contributed by atoms with Gasteiger partial charge in [0, 0.05) is 0 Å². The molecule has 2 heteroatoms. The zero-order valence-corrected chi connectivity index (χ0v) is 9.99. The lowest BCUT2D eigenvalue weighted by Gasteiger charge is -2.24. The summed E-state index contributed by atoms with van der Waals surface area (Å²) in [5.74, 6) is -0.881. The van der Waals surface area contributed by atoms with Crippen molar-refractivity contribution in [2.24, 2.45) is 17.8 Å². The average molecular weight is 210 g/mol. The first-order valence-electron chi connectivity index (χ1n) is 5.39. The molecule has 0 heterocycles. The summed E-state index contributed by atoms with van der Waals surface area (Å²) in [5.41, 5.74) is 1.09. The molecule has 0 spiro atoms. The van der Waals surface area contributed by atoms with Gasteiger partial charge in [0.1, 0.15) is 0 Å². The Morgan fingerprint density at radius 1 is 1.47 bits per heavy atom.